The van der Waals surface area contributed by atoms with Gasteiger partial charge < -0.3 is 9.84 Å². The van der Waals surface area contributed by atoms with Gasteiger partial charge in [-0.2, -0.15) is 0 Å². The van der Waals surface area contributed by atoms with Crippen LogP contribution in [0.3, 0.4) is 0 Å². The van der Waals surface area contributed by atoms with Gasteiger partial charge in [0.2, 0.25) is 0 Å². The fourth-order valence-electron chi connectivity index (χ4n) is 1.27. The Morgan fingerprint density at radius 3 is 2.69 bits per heavy atom. The van der Waals surface area contributed by atoms with Gasteiger partial charge in [0.15, 0.2) is 0 Å². The van der Waals surface area contributed by atoms with E-state index in [0.717, 1.165) is 5.56 Å². The molecule has 0 fully saturated rings. The van der Waals surface area contributed by atoms with Crippen molar-refractivity contribution < 1.29 is 14.6 Å². The van der Waals surface area contributed by atoms with E-state index in [4.69, 9.17) is 33.0 Å². The summed E-state index contributed by atoms with van der Waals surface area (Å²) in [5.74, 6) is -0.265. The molecule has 1 N–H and O–H groups in total. The molecule has 0 unspecified atom stereocenters. The lowest BCUT2D eigenvalue weighted by Gasteiger charge is -2.10. The number of halogens is 2. The van der Waals surface area contributed by atoms with E-state index in [0.29, 0.717) is 28.8 Å². The first kappa shape index (κ1) is 13.1. The summed E-state index contributed by atoms with van der Waals surface area (Å²) >= 11 is 11.8. The van der Waals surface area contributed by atoms with Gasteiger partial charge in [0.25, 0.3) is 0 Å². The Morgan fingerprint density at radius 2 is 2.12 bits per heavy atom. The lowest BCUT2D eigenvalue weighted by atomic mass is 10.2. The summed E-state index contributed by atoms with van der Waals surface area (Å²) < 4.78 is 5.42. The van der Waals surface area contributed by atoms with Crippen LogP contribution in [0, 0.1) is 6.92 Å². The highest BCUT2D eigenvalue weighted by Crippen LogP contribution is 2.31. The van der Waals surface area contributed by atoms with Crippen LogP contribution in [0.25, 0.3) is 0 Å². The van der Waals surface area contributed by atoms with Gasteiger partial charge in [-0.25, -0.2) is 0 Å². The molecule has 16 heavy (non-hydrogen) atoms. The Balaban J connectivity index is 2.57. The van der Waals surface area contributed by atoms with E-state index < -0.39 is 5.97 Å². The summed E-state index contributed by atoms with van der Waals surface area (Å²) in [6.07, 6.45) is 0.540. The molecule has 0 aliphatic rings. The van der Waals surface area contributed by atoms with Crippen molar-refractivity contribution in [2.24, 2.45) is 0 Å². The quantitative estimate of drug-likeness (QED) is 0.826. The largest absolute Gasteiger partial charge is 0.492 e. The Morgan fingerprint density at radius 1 is 1.44 bits per heavy atom. The van der Waals surface area contributed by atoms with E-state index in [1.807, 2.05) is 6.92 Å². The van der Waals surface area contributed by atoms with Crippen LogP contribution in [0.4, 0.5) is 0 Å². The van der Waals surface area contributed by atoms with Crippen molar-refractivity contribution in [3.8, 4) is 5.75 Å². The maximum atomic E-state index is 10.3. The average molecular weight is 263 g/mol. The number of aryl methyl sites for hydroxylation is 1. The third kappa shape index (κ3) is 3.91. The van der Waals surface area contributed by atoms with E-state index in [1.165, 1.54) is 0 Å². The molecule has 0 aromatic heterocycles. The molecule has 0 aliphatic heterocycles. The second kappa shape index (κ2) is 5.97. The third-order valence-corrected chi connectivity index (χ3v) is 2.47. The standard InChI is InChI=1S/C11H12Cl2O3/c1-7-5-8(12)6-9(13)11(7)16-4-2-3-10(14)15/h5-6H,2-4H2,1H3,(H,14,15). The smallest absolute Gasteiger partial charge is 0.303 e. The molecule has 5 heteroatoms. The molecule has 1 aromatic rings. The predicted octanol–water partition coefficient (Wildman–Crippen LogP) is 3.55. The zero-order chi connectivity index (χ0) is 12.1. The summed E-state index contributed by atoms with van der Waals surface area (Å²) in [5, 5.41) is 9.46. The second-order valence-corrected chi connectivity index (χ2v) is 4.22. The van der Waals surface area contributed by atoms with Crippen LogP contribution in [0.2, 0.25) is 10.0 Å². The van der Waals surface area contributed by atoms with Crippen LogP contribution in [-0.2, 0) is 4.79 Å². The fraction of sp³-hybridized carbons (Fsp3) is 0.364. The molecule has 0 amide bonds. The van der Waals surface area contributed by atoms with Crippen molar-refractivity contribution in [2.75, 3.05) is 6.61 Å². The van der Waals surface area contributed by atoms with Gasteiger partial charge in [0, 0.05) is 11.4 Å². The average Bonchev–Trinajstić information content (AvgIpc) is 2.14. The fourth-order valence-corrected chi connectivity index (χ4v) is 1.92. The molecular formula is C11H12Cl2O3. The second-order valence-electron chi connectivity index (χ2n) is 3.38. The third-order valence-electron chi connectivity index (χ3n) is 1.98. The molecular weight excluding hydrogens is 251 g/mol. The minimum absolute atomic E-state index is 0.0876. The normalized spacial score (nSPS) is 10.2. The van der Waals surface area contributed by atoms with Crippen molar-refractivity contribution in [3.63, 3.8) is 0 Å². The van der Waals surface area contributed by atoms with Crippen molar-refractivity contribution in [1.82, 2.24) is 0 Å². The first-order chi connectivity index (χ1) is 7.50. The molecule has 0 saturated carbocycles. The van der Waals surface area contributed by atoms with E-state index in [-0.39, 0.29) is 6.42 Å². The zero-order valence-electron chi connectivity index (χ0n) is 8.80. The van der Waals surface area contributed by atoms with Crippen LogP contribution >= 0.6 is 23.2 Å². The van der Waals surface area contributed by atoms with E-state index in [2.05, 4.69) is 0 Å². The summed E-state index contributed by atoms with van der Waals surface area (Å²) in [5.41, 5.74) is 0.841. The molecule has 0 bridgehead atoms. The van der Waals surface area contributed by atoms with Crippen molar-refractivity contribution in [2.45, 2.75) is 19.8 Å². The Bertz CT molecular complexity index is 368. The predicted molar refractivity (Wildman–Crippen MR) is 63.6 cm³/mol. The van der Waals surface area contributed by atoms with E-state index in [9.17, 15) is 4.79 Å². The molecule has 0 radical (unpaired) electrons. The van der Waals surface area contributed by atoms with Gasteiger partial charge in [-0.3, -0.25) is 4.79 Å². The number of benzene rings is 1. The van der Waals surface area contributed by atoms with Gasteiger partial charge in [-0.15, -0.1) is 0 Å². The number of ether oxygens (including phenoxy) is 1. The first-order valence-electron chi connectivity index (χ1n) is 4.81. The summed E-state index contributed by atoms with van der Waals surface area (Å²) in [6, 6.07) is 3.35. The molecule has 0 atom stereocenters. The number of aliphatic carboxylic acids is 1. The Kier molecular flexibility index (Phi) is 4.90. The minimum Gasteiger partial charge on any atom is -0.492 e. The van der Waals surface area contributed by atoms with Crippen LogP contribution < -0.4 is 4.74 Å². The van der Waals surface area contributed by atoms with Gasteiger partial charge in [0.05, 0.1) is 11.6 Å². The van der Waals surface area contributed by atoms with Crippen molar-refractivity contribution in [1.29, 1.82) is 0 Å². The minimum atomic E-state index is -0.831. The number of hydrogen-bond donors (Lipinski definition) is 1. The van der Waals surface area contributed by atoms with Crippen LogP contribution in [0.15, 0.2) is 12.1 Å². The maximum Gasteiger partial charge on any atom is 0.303 e. The highest BCUT2D eigenvalue weighted by Gasteiger charge is 2.07. The molecule has 3 nitrogen and oxygen atoms in total. The molecule has 0 aliphatic carbocycles. The van der Waals surface area contributed by atoms with E-state index >= 15 is 0 Å². The van der Waals surface area contributed by atoms with Crippen molar-refractivity contribution in [3.05, 3.63) is 27.7 Å². The van der Waals surface area contributed by atoms with Crippen LogP contribution in [-0.4, -0.2) is 17.7 Å². The Hall–Kier alpha value is -0.930. The molecule has 1 aromatic carbocycles. The monoisotopic (exact) mass is 262 g/mol. The van der Waals surface area contributed by atoms with Gasteiger partial charge in [0.1, 0.15) is 5.75 Å². The molecule has 88 valence electrons. The summed E-state index contributed by atoms with van der Waals surface area (Å²) in [6.45, 7) is 2.17. The first-order valence-corrected chi connectivity index (χ1v) is 5.56. The number of carbonyl (C=O) groups is 1. The Labute approximate surface area is 104 Å². The summed E-state index contributed by atoms with van der Waals surface area (Å²) in [7, 11) is 0. The van der Waals surface area contributed by atoms with Gasteiger partial charge in [-0.1, -0.05) is 23.2 Å². The number of rotatable bonds is 5. The lowest BCUT2D eigenvalue weighted by molar-refractivity contribution is -0.137. The topological polar surface area (TPSA) is 46.5 Å². The van der Waals surface area contributed by atoms with Gasteiger partial charge in [-0.05, 0) is 31.0 Å². The number of hydrogen-bond acceptors (Lipinski definition) is 2. The zero-order valence-corrected chi connectivity index (χ0v) is 10.3. The highest BCUT2D eigenvalue weighted by molar-refractivity contribution is 6.35. The van der Waals surface area contributed by atoms with Crippen LogP contribution in [0.5, 0.6) is 5.75 Å². The van der Waals surface area contributed by atoms with Crippen molar-refractivity contribution >= 4 is 29.2 Å². The molecule has 0 spiro atoms. The molecule has 0 heterocycles. The lowest BCUT2D eigenvalue weighted by Crippen LogP contribution is -2.03. The van der Waals surface area contributed by atoms with Crippen LogP contribution in [0.1, 0.15) is 18.4 Å². The highest BCUT2D eigenvalue weighted by atomic mass is 35.5. The summed E-state index contributed by atoms with van der Waals surface area (Å²) in [4.78, 5) is 10.3. The maximum absolute atomic E-state index is 10.3. The number of carboxylic acids is 1. The SMILES string of the molecule is Cc1cc(Cl)cc(Cl)c1OCCCC(=O)O. The van der Waals surface area contributed by atoms with Gasteiger partial charge >= 0.3 is 5.97 Å². The molecule has 1 rings (SSSR count). The van der Waals surface area contributed by atoms with E-state index in [1.54, 1.807) is 12.1 Å². The molecule has 0 saturated heterocycles. The number of carboxylic acid groups (broad SMARTS) is 1.